The van der Waals surface area contributed by atoms with Crippen LogP contribution >= 0.6 is 0 Å². The van der Waals surface area contributed by atoms with Crippen LogP contribution < -0.4 is 11.5 Å². The number of anilines is 1. The number of hydrogen-bond donors (Lipinski definition) is 2. The number of alkyl halides is 3. The van der Waals surface area contributed by atoms with E-state index in [0.29, 0.717) is 0 Å². The van der Waals surface area contributed by atoms with Crippen LogP contribution in [-0.2, 0) is 11.0 Å². The third-order valence-electron chi connectivity index (χ3n) is 1.84. The van der Waals surface area contributed by atoms with E-state index < -0.39 is 17.6 Å². The molecule has 0 aliphatic rings. The summed E-state index contributed by atoms with van der Waals surface area (Å²) < 4.78 is 37.0. The maximum atomic E-state index is 12.3. The molecule has 6 heteroatoms. The van der Waals surface area contributed by atoms with E-state index in [0.717, 1.165) is 30.4 Å². The zero-order chi connectivity index (χ0) is 12.3. The van der Waals surface area contributed by atoms with Gasteiger partial charge in [0.05, 0.1) is 5.56 Å². The van der Waals surface area contributed by atoms with E-state index in [1.807, 2.05) is 0 Å². The first kappa shape index (κ1) is 12.1. The molecule has 1 amide bonds. The molecule has 0 radical (unpaired) electrons. The van der Waals surface area contributed by atoms with Crippen LogP contribution in [0.3, 0.4) is 0 Å². The lowest BCUT2D eigenvalue weighted by atomic mass is 10.1. The molecule has 0 atom stereocenters. The van der Waals surface area contributed by atoms with Gasteiger partial charge in [0.2, 0.25) is 5.91 Å². The Morgan fingerprint density at radius 2 is 1.94 bits per heavy atom. The second-order valence-corrected chi connectivity index (χ2v) is 3.08. The molecule has 0 unspecified atom stereocenters. The van der Waals surface area contributed by atoms with Gasteiger partial charge in [-0.05, 0) is 29.8 Å². The molecule has 16 heavy (non-hydrogen) atoms. The average Bonchev–Trinajstić information content (AvgIpc) is 2.14. The van der Waals surface area contributed by atoms with E-state index in [-0.39, 0.29) is 11.3 Å². The minimum absolute atomic E-state index is 0.105. The smallest absolute Gasteiger partial charge is 0.398 e. The van der Waals surface area contributed by atoms with Crippen molar-refractivity contribution in [2.75, 3.05) is 5.73 Å². The molecule has 0 saturated carbocycles. The first-order valence-corrected chi connectivity index (χ1v) is 4.25. The third-order valence-corrected chi connectivity index (χ3v) is 1.84. The Kier molecular flexibility index (Phi) is 3.22. The van der Waals surface area contributed by atoms with Gasteiger partial charge in [-0.1, -0.05) is 0 Å². The molecular formula is C10H9F3N2O. The van der Waals surface area contributed by atoms with Crippen molar-refractivity contribution in [1.82, 2.24) is 0 Å². The van der Waals surface area contributed by atoms with Gasteiger partial charge in [-0.3, -0.25) is 4.79 Å². The van der Waals surface area contributed by atoms with E-state index in [2.05, 4.69) is 0 Å². The van der Waals surface area contributed by atoms with Crippen LogP contribution in [0.2, 0.25) is 0 Å². The molecule has 0 aromatic heterocycles. The maximum absolute atomic E-state index is 12.3. The number of nitrogen functional groups attached to an aromatic ring is 1. The summed E-state index contributed by atoms with van der Waals surface area (Å²) in [4.78, 5) is 10.4. The molecule has 1 aromatic rings. The zero-order valence-electron chi connectivity index (χ0n) is 8.08. The molecule has 4 N–H and O–H groups in total. The summed E-state index contributed by atoms with van der Waals surface area (Å²) in [5.74, 6) is -0.753. The number of amides is 1. The van der Waals surface area contributed by atoms with Gasteiger partial charge in [-0.25, -0.2) is 0 Å². The van der Waals surface area contributed by atoms with Crippen LogP contribution in [0.5, 0.6) is 0 Å². The predicted molar refractivity (Wildman–Crippen MR) is 54.1 cm³/mol. The fraction of sp³-hybridized carbons (Fsp3) is 0.100. The third kappa shape index (κ3) is 3.01. The lowest BCUT2D eigenvalue weighted by Gasteiger charge is -2.08. The molecule has 1 rings (SSSR count). The van der Waals surface area contributed by atoms with E-state index in [1.54, 1.807) is 0 Å². The summed E-state index contributed by atoms with van der Waals surface area (Å²) in [5.41, 5.74) is 9.69. The SMILES string of the molecule is NC(=O)C=Cc1cc(C(F)(F)F)ccc1N. The fourth-order valence-corrected chi connectivity index (χ4v) is 1.07. The minimum Gasteiger partial charge on any atom is -0.398 e. The Hall–Kier alpha value is -1.98. The Balaban J connectivity index is 3.14. The Morgan fingerprint density at radius 1 is 1.31 bits per heavy atom. The zero-order valence-corrected chi connectivity index (χ0v) is 8.08. The van der Waals surface area contributed by atoms with Gasteiger partial charge in [0.15, 0.2) is 0 Å². The quantitative estimate of drug-likeness (QED) is 0.600. The van der Waals surface area contributed by atoms with Gasteiger partial charge in [0.1, 0.15) is 0 Å². The highest BCUT2D eigenvalue weighted by atomic mass is 19.4. The molecule has 0 aliphatic heterocycles. The maximum Gasteiger partial charge on any atom is 0.416 e. The van der Waals surface area contributed by atoms with E-state index in [9.17, 15) is 18.0 Å². The number of carbonyl (C=O) groups is 1. The van der Waals surface area contributed by atoms with Gasteiger partial charge < -0.3 is 11.5 Å². The highest BCUT2D eigenvalue weighted by molar-refractivity contribution is 5.91. The summed E-state index contributed by atoms with van der Waals surface area (Å²) in [6, 6.07) is 2.86. The number of hydrogen-bond acceptors (Lipinski definition) is 2. The van der Waals surface area contributed by atoms with Crippen molar-refractivity contribution in [2.24, 2.45) is 5.73 Å². The highest BCUT2D eigenvalue weighted by Crippen LogP contribution is 2.31. The molecule has 86 valence electrons. The van der Waals surface area contributed by atoms with Crippen molar-refractivity contribution in [3.63, 3.8) is 0 Å². The molecule has 3 nitrogen and oxygen atoms in total. The Bertz CT molecular complexity index is 438. The van der Waals surface area contributed by atoms with Gasteiger partial charge in [-0.15, -0.1) is 0 Å². The topological polar surface area (TPSA) is 69.1 Å². The van der Waals surface area contributed by atoms with Crippen LogP contribution in [0.1, 0.15) is 11.1 Å². The number of carbonyl (C=O) groups excluding carboxylic acids is 1. The summed E-state index contributed by atoms with van der Waals surface area (Å²) in [6.45, 7) is 0. The lowest BCUT2D eigenvalue weighted by Crippen LogP contribution is -2.07. The average molecular weight is 230 g/mol. The van der Waals surface area contributed by atoms with Gasteiger partial charge in [0.25, 0.3) is 0 Å². The number of benzene rings is 1. The van der Waals surface area contributed by atoms with Crippen molar-refractivity contribution in [3.8, 4) is 0 Å². The molecule has 0 saturated heterocycles. The molecule has 0 bridgehead atoms. The van der Waals surface area contributed by atoms with E-state index in [1.165, 1.54) is 0 Å². The Morgan fingerprint density at radius 3 is 2.44 bits per heavy atom. The van der Waals surface area contributed by atoms with Crippen LogP contribution in [0.4, 0.5) is 18.9 Å². The molecule has 0 aliphatic carbocycles. The van der Waals surface area contributed by atoms with Crippen LogP contribution in [0.15, 0.2) is 24.3 Å². The first-order valence-electron chi connectivity index (χ1n) is 4.25. The molecule has 0 heterocycles. The molecular weight excluding hydrogens is 221 g/mol. The van der Waals surface area contributed by atoms with Gasteiger partial charge in [0, 0.05) is 11.8 Å². The van der Waals surface area contributed by atoms with Crippen LogP contribution in [-0.4, -0.2) is 5.91 Å². The minimum atomic E-state index is -4.44. The molecule has 0 spiro atoms. The standard InChI is InChI=1S/C10H9F3N2O/c11-10(12,13)7-2-3-8(14)6(5-7)1-4-9(15)16/h1-5H,14H2,(H2,15,16). The van der Waals surface area contributed by atoms with E-state index in [4.69, 9.17) is 11.5 Å². The van der Waals surface area contributed by atoms with Crippen molar-refractivity contribution < 1.29 is 18.0 Å². The summed E-state index contributed by atoms with van der Waals surface area (Å²) >= 11 is 0. The fourth-order valence-electron chi connectivity index (χ4n) is 1.07. The number of primary amides is 1. The Labute approximate surface area is 89.5 Å². The van der Waals surface area contributed by atoms with Crippen molar-refractivity contribution in [2.45, 2.75) is 6.18 Å². The molecule has 0 fully saturated rings. The lowest BCUT2D eigenvalue weighted by molar-refractivity contribution is -0.137. The second kappa shape index (κ2) is 4.26. The molecule has 1 aromatic carbocycles. The monoisotopic (exact) mass is 230 g/mol. The van der Waals surface area contributed by atoms with Crippen molar-refractivity contribution in [3.05, 3.63) is 35.4 Å². The van der Waals surface area contributed by atoms with Crippen molar-refractivity contribution in [1.29, 1.82) is 0 Å². The van der Waals surface area contributed by atoms with Crippen LogP contribution in [0.25, 0.3) is 6.08 Å². The highest BCUT2D eigenvalue weighted by Gasteiger charge is 2.30. The number of rotatable bonds is 2. The van der Waals surface area contributed by atoms with Gasteiger partial charge in [-0.2, -0.15) is 13.2 Å². The number of halogens is 3. The second-order valence-electron chi connectivity index (χ2n) is 3.08. The number of nitrogens with two attached hydrogens (primary N) is 2. The normalized spacial score (nSPS) is 11.9. The van der Waals surface area contributed by atoms with Gasteiger partial charge >= 0.3 is 6.18 Å². The van der Waals surface area contributed by atoms with Crippen molar-refractivity contribution >= 4 is 17.7 Å². The first-order chi connectivity index (χ1) is 7.30. The summed E-state index contributed by atoms with van der Waals surface area (Å²) in [6.07, 6.45) is -2.35. The predicted octanol–water partition coefficient (Wildman–Crippen LogP) is 1.79. The van der Waals surface area contributed by atoms with Crippen LogP contribution in [0, 0.1) is 0 Å². The summed E-state index contributed by atoms with van der Waals surface area (Å²) in [5, 5.41) is 0. The largest absolute Gasteiger partial charge is 0.416 e. The summed E-state index contributed by atoms with van der Waals surface area (Å²) in [7, 11) is 0. The van der Waals surface area contributed by atoms with E-state index >= 15 is 0 Å².